The lowest BCUT2D eigenvalue weighted by Crippen LogP contribution is -2.34. The average molecular weight is 266 g/mol. The fraction of sp³-hybridized carbons (Fsp3) is 0.533. The third-order valence-electron chi connectivity index (χ3n) is 3.16. The SMILES string of the molecule is CC(C)CN(CC(=O)c1cccc(Cl)c1)C1CC1. The minimum atomic E-state index is 0.171. The fourth-order valence-corrected chi connectivity index (χ4v) is 2.38. The number of ketones is 1. The van der Waals surface area contributed by atoms with E-state index in [9.17, 15) is 4.79 Å². The summed E-state index contributed by atoms with van der Waals surface area (Å²) < 4.78 is 0. The van der Waals surface area contributed by atoms with E-state index in [1.54, 1.807) is 12.1 Å². The Morgan fingerprint density at radius 3 is 2.72 bits per heavy atom. The van der Waals surface area contributed by atoms with E-state index in [1.807, 2.05) is 12.1 Å². The van der Waals surface area contributed by atoms with Crippen molar-refractivity contribution < 1.29 is 4.79 Å². The molecule has 0 aliphatic heterocycles. The van der Waals surface area contributed by atoms with E-state index in [0.29, 0.717) is 23.5 Å². The van der Waals surface area contributed by atoms with Crippen LogP contribution in [0.4, 0.5) is 0 Å². The van der Waals surface area contributed by atoms with Crippen LogP contribution in [0.1, 0.15) is 37.0 Å². The van der Waals surface area contributed by atoms with Crippen molar-refractivity contribution in [3.8, 4) is 0 Å². The Morgan fingerprint density at radius 2 is 2.17 bits per heavy atom. The molecule has 0 bridgehead atoms. The highest BCUT2D eigenvalue weighted by molar-refractivity contribution is 6.31. The predicted octanol–water partition coefficient (Wildman–Crippen LogP) is 3.64. The standard InChI is InChI=1S/C15H20ClNO/c1-11(2)9-17(14-6-7-14)10-15(18)12-4-3-5-13(16)8-12/h3-5,8,11,14H,6-7,9-10H2,1-2H3. The first-order chi connectivity index (χ1) is 8.56. The maximum atomic E-state index is 12.2. The minimum Gasteiger partial charge on any atom is -0.293 e. The van der Waals surface area contributed by atoms with Gasteiger partial charge >= 0.3 is 0 Å². The maximum Gasteiger partial charge on any atom is 0.176 e. The molecule has 1 aromatic carbocycles. The fourth-order valence-electron chi connectivity index (χ4n) is 2.19. The largest absolute Gasteiger partial charge is 0.293 e. The summed E-state index contributed by atoms with van der Waals surface area (Å²) in [5.41, 5.74) is 0.719. The average Bonchev–Trinajstić information content (AvgIpc) is 3.11. The summed E-state index contributed by atoms with van der Waals surface area (Å²) in [6.45, 7) is 5.90. The zero-order chi connectivity index (χ0) is 13.1. The molecule has 1 aliphatic carbocycles. The van der Waals surface area contributed by atoms with E-state index < -0.39 is 0 Å². The Kier molecular flexibility index (Phi) is 4.41. The van der Waals surface area contributed by atoms with Gasteiger partial charge in [0.25, 0.3) is 0 Å². The molecule has 0 saturated heterocycles. The van der Waals surface area contributed by atoms with Crippen LogP contribution in [-0.4, -0.2) is 29.8 Å². The van der Waals surface area contributed by atoms with Gasteiger partial charge in [0.15, 0.2) is 5.78 Å². The van der Waals surface area contributed by atoms with Crippen molar-refractivity contribution >= 4 is 17.4 Å². The molecule has 1 saturated carbocycles. The number of halogens is 1. The third kappa shape index (κ3) is 3.82. The van der Waals surface area contributed by atoms with Crippen molar-refractivity contribution in [2.24, 2.45) is 5.92 Å². The lowest BCUT2D eigenvalue weighted by Gasteiger charge is -2.23. The number of benzene rings is 1. The van der Waals surface area contributed by atoms with E-state index >= 15 is 0 Å². The first-order valence-electron chi connectivity index (χ1n) is 6.59. The van der Waals surface area contributed by atoms with Crippen molar-refractivity contribution in [1.82, 2.24) is 4.90 Å². The van der Waals surface area contributed by atoms with E-state index in [2.05, 4.69) is 18.7 Å². The number of hydrogen-bond acceptors (Lipinski definition) is 2. The van der Waals surface area contributed by atoms with Gasteiger partial charge in [-0.1, -0.05) is 37.6 Å². The summed E-state index contributed by atoms with van der Waals surface area (Å²) in [5.74, 6) is 0.766. The summed E-state index contributed by atoms with van der Waals surface area (Å²) in [6.07, 6.45) is 2.46. The van der Waals surface area contributed by atoms with Gasteiger partial charge in [0.1, 0.15) is 0 Å². The number of nitrogens with zero attached hydrogens (tertiary/aromatic N) is 1. The summed E-state index contributed by atoms with van der Waals surface area (Å²) in [5, 5.41) is 0.627. The van der Waals surface area contributed by atoms with Gasteiger partial charge in [0.2, 0.25) is 0 Å². The third-order valence-corrected chi connectivity index (χ3v) is 3.39. The second kappa shape index (κ2) is 5.85. The van der Waals surface area contributed by atoms with Crippen molar-refractivity contribution in [2.45, 2.75) is 32.7 Å². The molecule has 98 valence electrons. The Hall–Kier alpha value is -0.860. The number of rotatable bonds is 6. The van der Waals surface area contributed by atoms with Crippen LogP contribution in [0.2, 0.25) is 5.02 Å². The van der Waals surface area contributed by atoms with Gasteiger partial charge in [-0.15, -0.1) is 0 Å². The summed E-state index contributed by atoms with van der Waals surface area (Å²) in [6, 6.07) is 7.85. The van der Waals surface area contributed by atoms with Crippen LogP contribution in [0, 0.1) is 5.92 Å². The second-order valence-corrected chi connectivity index (χ2v) is 5.92. The van der Waals surface area contributed by atoms with Crippen molar-refractivity contribution in [1.29, 1.82) is 0 Å². The smallest absolute Gasteiger partial charge is 0.176 e. The molecule has 1 aliphatic rings. The molecule has 3 heteroatoms. The molecule has 2 nitrogen and oxygen atoms in total. The topological polar surface area (TPSA) is 20.3 Å². The molecule has 1 aromatic rings. The van der Waals surface area contributed by atoms with Gasteiger partial charge in [-0.25, -0.2) is 0 Å². The molecular weight excluding hydrogens is 246 g/mol. The lowest BCUT2D eigenvalue weighted by molar-refractivity contribution is 0.0915. The van der Waals surface area contributed by atoms with E-state index in [4.69, 9.17) is 11.6 Å². The number of hydrogen-bond donors (Lipinski definition) is 0. The van der Waals surface area contributed by atoms with Gasteiger partial charge in [0, 0.05) is 23.2 Å². The van der Waals surface area contributed by atoms with Gasteiger partial charge in [-0.3, -0.25) is 9.69 Å². The number of Topliss-reactive ketones (excluding diaryl/α,β-unsaturated/α-hetero) is 1. The molecule has 0 heterocycles. The van der Waals surface area contributed by atoms with Crippen molar-refractivity contribution in [2.75, 3.05) is 13.1 Å². The Labute approximate surface area is 114 Å². The quantitative estimate of drug-likeness (QED) is 0.732. The van der Waals surface area contributed by atoms with Gasteiger partial charge < -0.3 is 0 Å². The van der Waals surface area contributed by atoms with Crippen LogP contribution in [0.5, 0.6) is 0 Å². The predicted molar refractivity (Wildman–Crippen MR) is 75.2 cm³/mol. The van der Waals surface area contributed by atoms with Crippen molar-refractivity contribution in [3.05, 3.63) is 34.9 Å². The molecule has 0 N–H and O–H groups in total. The highest BCUT2D eigenvalue weighted by Crippen LogP contribution is 2.27. The molecule has 0 amide bonds. The molecule has 18 heavy (non-hydrogen) atoms. The van der Waals surface area contributed by atoms with E-state index in [1.165, 1.54) is 12.8 Å². The lowest BCUT2D eigenvalue weighted by atomic mass is 10.1. The molecular formula is C15H20ClNO. The summed E-state index contributed by atoms with van der Waals surface area (Å²) in [7, 11) is 0. The van der Waals surface area contributed by atoms with Gasteiger partial charge in [-0.2, -0.15) is 0 Å². The summed E-state index contributed by atoms with van der Waals surface area (Å²) in [4.78, 5) is 14.5. The van der Waals surface area contributed by atoms with Crippen LogP contribution < -0.4 is 0 Å². The van der Waals surface area contributed by atoms with Gasteiger partial charge in [0.05, 0.1) is 6.54 Å². The Balaban J connectivity index is 2.00. The van der Waals surface area contributed by atoms with Gasteiger partial charge in [-0.05, 0) is 30.9 Å². The zero-order valence-electron chi connectivity index (χ0n) is 11.0. The molecule has 0 atom stereocenters. The first kappa shape index (κ1) is 13.6. The highest BCUT2D eigenvalue weighted by Gasteiger charge is 2.30. The van der Waals surface area contributed by atoms with Crippen LogP contribution in [0.25, 0.3) is 0 Å². The zero-order valence-corrected chi connectivity index (χ0v) is 11.8. The molecule has 2 rings (SSSR count). The molecule has 1 fully saturated rings. The maximum absolute atomic E-state index is 12.2. The van der Waals surface area contributed by atoms with Crippen LogP contribution >= 0.6 is 11.6 Å². The minimum absolute atomic E-state index is 0.171. The van der Waals surface area contributed by atoms with E-state index in [-0.39, 0.29) is 5.78 Å². The molecule has 0 unspecified atom stereocenters. The van der Waals surface area contributed by atoms with E-state index in [0.717, 1.165) is 12.1 Å². The monoisotopic (exact) mass is 265 g/mol. The number of carbonyl (C=O) groups is 1. The second-order valence-electron chi connectivity index (χ2n) is 5.49. The molecule has 0 spiro atoms. The Morgan fingerprint density at radius 1 is 1.44 bits per heavy atom. The van der Waals surface area contributed by atoms with Crippen molar-refractivity contribution in [3.63, 3.8) is 0 Å². The molecule has 0 radical (unpaired) electrons. The normalized spacial score (nSPS) is 15.4. The highest BCUT2D eigenvalue weighted by atomic mass is 35.5. The number of carbonyl (C=O) groups excluding carboxylic acids is 1. The molecule has 0 aromatic heterocycles. The summed E-state index contributed by atoms with van der Waals surface area (Å²) >= 11 is 5.92. The van der Waals surface area contributed by atoms with Crippen LogP contribution in [0.3, 0.4) is 0 Å². The van der Waals surface area contributed by atoms with Crippen LogP contribution in [0.15, 0.2) is 24.3 Å². The Bertz CT molecular complexity index is 426. The first-order valence-corrected chi connectivity index (χ1v) is 6.97. The van der Waals surface area contributed by atoms with Crippen LogP contribution in [-0.2, 0) is 0 Å².